The number of carbonyl (C=O) groups is 1. The van der Waals surface area contributed by atoms with E-state index >= 15 is 0 Å². The quantitative estimate of drug-likeness (QED) is 0.669. The molecule has 0 aromatic heterocycles. The lowest BCUT2D eigenvalue weighted by molar-refractivity contribution is -0.126. The molecule has 156 valence electrons. The molecule has 1 aliphatic heterocycles. The van der Waals surface area contributed by atoms with Crippen LogP contribution in [-0.2, 0) is 27.1 Å². The zero-order chi connectivity index (χ0) is 21.0. The Morgan fingerprint density at radius 2 is 1.72 bits per heavy atom. The molecule has 0 aliphatic carbocycles. The standard InChI is InChI=1S/C20H21Cl3N2O3S/c21-17-3-1-2-14(10-17)13-29(27,28)25-8-6-15(7-9-25)20(26)24-12-16-4-5-18(22)11-19(16)23/h1-5,10-11,15H,6-9,12-13H2,(H,24,26). The average Bonchev–Trinajstić information content (AvgIpc) is 2.67. The number of piperidine rings is 1. The Kier molecular flexibility index (Phi) is 7.46. The number of nitrogens with one attached hydrogen (secondary N) is 1. The molecule has 2 aromatic carbocycles. The highest BCUT2D eigenvalue weighted by Crippen LogP contribution is 2.24. The molecule has 0 unspecified atom stereocenters. The zero-order valence-corrected chi connectivity index (χ0v) is 18.7. The fraction of sp³-hybridized carbons (Fsp3) is 0.350. The normalized spacial score (nSPS) is 16.0. The summed E-state index contributed by atoms with van der Waals surface area (Å²) in [6.45, 7) is 0.952. The fourth-order valence-corrected chi connectivity index (χ4v) is 5.56. The van der Waals surface area contributed by atoms with E-state index in [9.17, 15) is 13.2 Å². The van der Waals surface area contributed by atoms with Crippen molar-refractivity contribution in [3.05, 3.63) is 68.7 Å². The molecule has 1 saturated heterocycles. The molecular formula is C20H21Cl3N2O3S. The van der Waals surface area contributed by atoms with Crippen LogP contribution in [0, 0.1) is 5.92 Å². The van der Waals surface area contributed by atoms with E-state index in [0.717, 1.165) is 5.56 Å². The Morgan fingerprint density at radius 3 is 2.38 bits per heavy atom. The third kappa shape index (κ3) is 6.09. The van der Waals surface area contributed by atoms with E-state index < -0.39 is 10.0 Å². The second kappa shape index (κ2) is 9.67. The molecule has 0 saturated carbocycles. The van der Waals surface area contributed by atoms with Crippen molar-refractivity contribution >= 4 is 50.7 Å². The largest absolute Gasteiger partial charge is 0.352 e. The van der Waals surface area contributed by atoms with E-state index in [1.165, 1.54) is 4.31 Å². The lowest BCUT2D eigenvalue weighted by Gasteiger charge is -2.30. The van der Waals surface area contributed by atoms with Crippen molar-refractivity contribution in [1.29, 1.82) is 0 Å². The van der Waals surface area contributed by atoms with E-state index in [1.54, 1.807) is 42.5 Å². The maximum Gasteiger partial charge on any atom is 0.223 e. The number of sulfonamides is 1. The number of hydrogen-bond acceptors (Lipinski definition) is 3. The summed E-state index contributed by atoms with van der Waals surface area (Å²) in [6.07, 6.45) is 0.962. The Hall–Kier alpha value is -1.31. The van der Waals surface area contributed by atoms with Crippen LogP contribution in [-0.4, -0.2) is 31.7 Å². The van der Waals surface area contributed by atoms with Gasteiger partial charge in [0, 0.05) is 40.6 Å². The highest BCUT2D eigenvalue weighted by atomic mass is 35.5. The van der Waals surface area contributed by atoms with E-state index in [4.69, 9.17) is 34.8 Å². The Morgan fingerprint density at radius 1 is 1.03 bits per heavy atom. The third-order valence-corrected chi connectivity index (χ3v) is 7.60. The Labute approximate surface area is 186 Å². The molecule has 1 aliphatic rings. The first-order valence-corrected chi connectivity index (χ1v) is 11.9. The molecule has 0 bridgehead atoms. The first kappa shape index (κ1) is 22.4. The van der Waals surface area contributed by atoms with Gasteiger partial charge in [0.15, 0.2) is 0 Å². The lowest BCUT2D eigenvalue weighted by Crippen LogP contribution is -2.43. The monoisotopic (exact) mass is 474 g/mol. The maximum absolute atomic E-state index is 12.7. The van der Waals surface area contributed by atoms with Crippen molar-refractivity contribution < 1.29 is 13.2 Å². The maximum atomic E-state index is 12.7. The van der Waals surface area contributed by atoms with E-state index in [-0.39, 0.29) is 17.6 Å². The van der Waals surface area contributed by atoms with Crippen LogP contribution >= 0.6 is 34.8 Å². The molecule has 1 amide bonds. The number of rotatable bonds is 6. The predicted molar refractivity (Wildman–Crippen MR) is 117 cm³/mol. The topological polar surface area (TPSA) is 66.5 Å². The predicted octanol–water partition coefficient (Wildman–Crippen LogP) is 4.51. The number of hydrogen-bond donors (Lipinski definition) is 1. The van der Waals surface area contributed by atoms with Gasteiger partial charge in [-0.3, -0.25) is 4.79 Å². The Bertz CT molecular complexity index is 990. The van der Waals surface area contributed by atoms with Gasteiger partial charge in [0.1, 0.15) is 0 Å². The minimum absolute atomic E-state index is 0.0945. The first-order valence-electron chi connectivity index (χ1n) is 9.18. The van der Waals surface area contributed by atoms with Crippen molar-refractivity contribution in [2.75, 3.05) is 13.1 Å². The molecular weight excluding hydrogens is 455 g/mol. The summed E-state index contributed by atoms with van der Waals surface area (Å²) in [5.74, 6) is -0.416. The number of halogens is 3. The van der Waals surface area contributed by atoms with E-state index in [0.29, 0.717) is 53.1 Å². The average molecular weight is 476 g/mol. The SMILES string of the molecule is O=C(NCc1ccc(Cl)cc1Cl)C1CCN(S(=O)(=O)Cc2cccc(Cl)c2)CC1. The highest BCUT2D eigenvalue weighted by Gasteiger charge is 2.31. The van der Waals surface area contributed by atoms with E-state index in [2.05, 4.69) is 5.32 Å². The van der Waals surface area contributed by atoms with Crippen LogP contribution < -0.4 is 5.32 Å². The van der Waals surface area contributed by atoms with Gasteiger partial charge in [-0.1, -0.05) is 53.0 Å². The van der Waals surface area contributed by atoms with Crippen LogP contribution in [0.15, 0.2) is 42.5 Å². The summed E-state index contributed by atoms with van der Waals surface area (Å²) in [5.41, 5.74) is 1.43. The molecule has 5 nitrogen and oxygen atoms in total. The first-order chi connectivity index (χ1) is 13.7. The molecule has 0 spiro atoms. The molecule has 1 fully saturated rings. The molecule has 2 aromatic rings. The summed E-state index contributed by atoms with van der Waals surface area (Å²) in [6, 6.07) is 12.0. The number of benzene rings is 2. The van der Waals surface area contributed by atoms with E-state index in [1.807, 2.05) is 0 Å². The molecule has 3 rings (SSSR count). The molecule has 1 N–H and O–H groups in total. The van der Waals surface area contributed by atoms with Crippen molar-refractivity contribution in [2.24, 2.45) is 5.92 Å². The minimum Gasteiger partial charge on any atom is -0.352 e. The van der Waals surface area contributed by atoms with Gasteiger partial charge in [-0.05, 0) is 48.2 Å². The third-order valence-electron chi connectivity index (χ3n) is 4.92. The zero-order valence-electron chi connectivity index (χ0n) is 15.6. The van der Waals surface area contributed by atoms with Gasteiger partial charge in [-0.25, -0.2) is 12.7 Å². The molecule has 9 heteroatoms. The smallest absolute Gasteiger partial charge is 0.223 e. The van der Waals surface area contributed by atoms with Crippen LogP contribution in [0.5, 0.6) is 0 Å². The molecule has 29 heavy (non-hydrogen) atoms. The second-order valence-electron chi connectivity index (χ2n) is 7.01. The van der Waals surface area contributed by atoms with Gasteiger partial charge in [-0.15, -0.1) is 0 Å². The van der Waals surface area contributed by atoms with Gasteiger partial charge < -0.3 is 5.32 Å². The summed E-state index contributed by atoms with van der Waals surface area (Å²) in [5, 5.41) is 4.43. The molecule has 0 atom stereocenters. The lowest BCUT2D eigenvalue weighted by atomic mass is 9.97. The minimum atomic E-state index is -3.45. The fourth-order valence-electron chi connectivity index (χ4n) is 3.32. The Balaban J connectivity index is 1.52. The summed E-state index contributed by atoms with van der Waals surface area (Å²) in [7, 11) is -3.45. The summed E-state index contributed by atoms with van der Waals surface area (Å²) in [4.78, 5) is 12.5. The van der Waals surface area contributed by atoms with Gasteiger partial charge in [-0.2, -0.15) is 0 Å². The number of amides is 1. The van der Waals surface area contributed by atoms with Crippen LogP contribution in [0.3, 0.4) is 0 Å². The van der Waals surface area contributed by atoms with Crippen molar-refractivity contribution in [3.8, 4) is 0 Å². The van der Waals surface area contributed by atoms with Gasteiger partial charge in [0.05, 0.1) is 5.75 Å². The molecule has 1 heterocycles. The van der Waals surface area contributed by atoms with Crippen LogP contribution in [0.1, 0.15) is 24.0 Å². The van der Waals surface area contributed by atoms with Crippen molar-refractivity contribution in [2.45, 2.75) is 25.1 Å². The number of nitrogens with zero attached hydrogens (tertiary/aromatic N) is 1. The van der Waals surface area contributed by atoms with Crippen LogP contribution in [0.4, 0.5) is 0 Å². The number of carbonyl (C=O) groups excluding carboxylic acids is 1. The van der Waals surface area contributed by atoms with Gasteiger partial charge in [0.25, 0.3) is 0 Å². The van der Waals surface area contributed by atoms with Crippen LogP contribution in [0.2, 0.25) is 15.1 Å². The van der Waals surface area contributed by atoms with Gasteiger partial charge in [0.2, 0.25) is 15.9 Å². The van der Waals surface area contributed by atoms with Crippen molar-refractivity contribution in [3.63, 3.8) is 0 Å². The van der Waals surface area contributed by atoms with Crippen LogP contribution in [0.25, 0.3) is 0 Å². The second-order valence-corrected chi connectivity index (χ2v) is 10.3. The molecule has 0 radical (unpaired) electrons. The highest BCUT2D eigenvalue weighted by molar-refractivity contribution is 7.88. The van der Waals surface area contributed by atoms with Crippen molar-refractivity contribution in [1.82, 2.24) is 9.62 Å². The summed E-state index contributed by atoms with van der Waals surface area (Å²) >= 11 is 17.9. The van der Waals surface area contributed by atoms with Gasteiger partial charge >= 0.3 is 0 Å². The summed E-state index contributed by atoms with van der Waals surface area (Å²) < 4.78 is 26.8.